The first-order valence-electron chi connectivity index (χ1n) is 9.08. The summed E-state index contributed by atoms with van der Waals surface area (Å²) in [6.45, 7) is 4.29. The van der Waals surface area contributed by atoms with Gasteiger partial charge in [-0.1, -0.05) is 54.9 Å². The fourth-order valence-electron chi connectivity index (χ4n) is 2.96. The number of unbranched alkanes of at least 4 members (excludes halogenated alkanes) is 1. The van der Waals surface area contributed by atoms with Crippen molar-refractivity contribution < 1.29 is 14.1 Å². The van der Waals surface area contributed by atoms with E-state index in [4.69, 9.17) is 4.52 Å². The Labute approximate surface area is 158 Å². The molecule has 1 N–H and O–H groups in total. The van der Waals surface area contributed by atoms with Crippen LogP contribution in [-0.4, -0.2) is 35.0 Å². The summed E-state index contributed by atoms with van der Waals surface area (Å²) >= 11 is 0. The maximum absolute atomic E-state index is 13.2. The molecule has 27 heavy (non-hydrogen) atoms. The molecule has 3 rings (SSSR count). The second-order valence-corrected chi connectivity index (χ2v) is 6.48. The maximum atomic E-state index is 13.2. The van der Waals surface area contributed by atoms with Gasteiger partial charge in [-0.25, -0.2) is 0 Å². The van der Waals surface area contributed by atoms with E-state index in [1.54, 1.807) is 17.9 Å². The zero-order valence-electron chi connectivity index (χ0n) is 15.6. The summed E-state index contributed by atoms with van der Waals surface area (Å²) in [4.78, 5) is 27.2. The third kappa shape index (κ3) is 4.53. The second-order valence-electron chi connectivity index (χ2n) is 6.48. The van der Waals surface area contributed by atoms with Gasteiger partial charge < -0.3 is 14.7 Å². The highest BCUT2D eigenvalue weighted by atomic mass is 16.5. The van der Waals surface area contributed by atoms with Crippen LogP contribution in [0.5, 0.6) is 0 Å². The van der Waals surface area contributed by atoms with Crippen LogP contribution in [-0.2, 0) is 4.79 Å². The number of amides is 2. The molecule has 0 spiro atoms. The van der Waals surface area contributed by atoms with Gasteiger partial charge in [-0.15, -0.1) is 0 Å². The van der Waals surface area contributed by atoms with Crippen molar-refractivity contribution in [2.45, 2.75) is 26.7 Å². The van der Waals surface area contributed by atoms with Crippen LogP contribution >= 0.6 is 0 Å². The van der Waals surface area contributed by atoms with Crippen LogP contribution in [0, 0.1) is 6.92 Å². The van der Waals surface area contributed by atoms with Crippen molar-refractivity contribution in [3.05, 3.63) is 59.9 Å². The first-order chi connectivity index (χ1) is 13.1. The highest BCUT2D eigenvalue weighted by molar-refractivity contribution is 6.08. The van der Waals surface area contributed by atoms with Gasteiger partial charge in [-0.05, 0) is 30.2 Å². The summed E-state index contributed by atoms with van der Waals surface area (Å²) in [5.41, 5.74) is 0.606. The molecule has 2 amide bonds. The predicted molar refractivity (Wildman–Crippen MR) is 105 cm³/mol. The molecule has 0 saturated carbocycles. The zero-order chi connectivity index (χ0) is 19.2. The monoisotopic (exact) mass is 365 g/mol. The average molecular weight is 365 g/mol. The molecule has 6 nitrogen and oxygen atoms in total. The Morgan fingerprint density at radius 1 is 1.15 bits per heavy atom. The molecule has 140 valence electrons. The number of hydrogen-bond donors (Lipinski definition) is 1. The number of aromatic nitrogens is 1. The molecule has 0 aliphatic heterocycles. The second kappa shape index (κ2) is 8.49. The fraction of sp³-hybridized carbons (Fsp3) is 0.286. The molecular formula is C21H23N3O3. The van der Waals surface area contributed by atoms with Crippen LogP contribution in [0.15, 0.2) is 53.1 Å². The Morgan fingerprint density at radius 2 is 1.93 bits per heavy atom. The van der Waals surface area contributed by atoms with Crippen molar-refractivity contribution in [3.8, 4) is 0 Å². The summed E-state index contributed by atoms with van der Waals surface area (Å²) in [7, 11) is 0. The number of benzene rings is 2. The van der Waals surface area contributed by atoms with Gasteiger partial charge in [-0.3, -0.25) is 9.59 Å². The maximum Gasteiger partial charge on any atom is 0.254 e. The minimum absolute atomic E-state index is 0.0338. The molecule has 2 aromatic carbocycles. The predicted octanol–water partition coefficient (Wildman–Crippen LogP) is 4.02. The molecule has 0 aliphatic rings. The fourth-order valence-corrected chi connectivity index (χ4v) is 2.96. The highest BCUT2D eigenvalue weighted by Gasteiger charge is 2.20. The Morgan fingerprint density at radius 3 is 2.67 bits per heavy atom. The molecule has 6 heteroatoms. The Bertz CT molecular complexity index is 943. The van der Waals surface area contributed by atoms with Crippen molar-refractivity contribution in [2.75, 3.05) is 18.4 Å². The van der Waals surface area contributed by atoms with E-state index in [9.17, 15) is 9.59 Å². The molecule has 0 unspecified atom stereocenters. The number of rotatable bonds is 7. The smallest absolute Gasteiger partial charge is 0.254 e. The van der Waals surface area contributed by atoms with Crippen molar-refractivity contribution in [2.24, 2.45) is 0 Å². The molecule has 0 saturated heterocycles. The largest absolute Gasteiger partial charge is 0.360 e. The summed E-state index contributed by atoms with van der Waals surface area (Å²) in [5.74, 6) is 0.519. The third-order valence-corrected chi connectivity index (χ3v) is 4.32. The lowest BCUT2D eigenvalue weighted by Crippen LogP contribution is -2.38. The number of hydrogen-bond acceptors (Lipinski definition) is 4. The van der Waals surface area contributed by atoms with E-state index in [1.807, 2.05) is 42.5 Å². The number of fused-ring (bicyclic) bond motifs is 1. The quantitative estimate of drug-likeness (QED) is 0.686. The van der Waals surface area contributed by atoms with E-state index in [0.29, 0.717) is 23.7 Å². The number of anilines is 1. The zero-order valence-corrected chi connectivity index (χ0v) is 15.6. The lowest BCUT2D eigenvalue weighted by atomic mass is 10.0. The van der Waals surface area contributed by atoms with Crippen LogP contribution in [0.2, 0.25) is 0 Å². The van der Waals surface area contributed by atoms with Crippen LogP contribution < -0.4 is 5.32 Å². The first kappa shape index (κ1) is 18.6. The summed E-state index contributed by atoms with van der Waals surface area (Å²) in [5, 5.41) is 8.32. The van der Waals surface area contributed by atoms with Gasteiger partial charge in [0.05, 0.1) is 0 Å². The van der Waals surface area contributed by atoms with Gasteiger partial charge >= 0.3 is 0 Å². The number of carbonyl (C=O) groups excluding carboxylic acids is 2. The molecule has 0 fully saturated rings. The van der Waals surface area contributed by atoms with Crippen LogP contribution in [0.25, 0.3) is 10.8 Å². The minimum Gasteiger partial charge on any atom is -0.360 e. The molecule has 3 aromatic rings. The van der Waals surface area contributed by atoms with Crippen molar-refractivity contribution in [3.63, 3.8) is 0 Å². The van der Waals surface area contributed by atoms with Gasteiger partial charge in [0.1, 0.15) is 12.3 Å². The van der Waals surface area contributed by atoms with Gasteiger partial charge in [0.2, 0.25) is 5.91 Å². The van der Waals surface area contributed by atoms with Crippen molar-refractivity contribution in [1.29, 1.82) is 0 Å². The molecule has 0 bridgehead atoms. The highest BCUT2D eigenvalue weighted by Crippen LogP contribution is 2.20. The minimum atomic E-state index is -0.298. The summed E-state index contributed by atoms with van der Waals surface area (Å²) in [6, 6.07) is 15.0. The van der Waals surface area contributed by atoms with E-state index in [-0.39, 0.29) is 18.4 Å². The Balaban J connectivity index is 1.80. The third-order valence-electron chi connectivity index (χ3n) is 4.32. The van der Waals surface area contributed by atoms with Crippen LogP contribution in [0.4, 0.5) is 5.82 Å². The topological polar surface area (TPSA) is 75.4 Å². The molecule has 1 aromatic heterocycles. The molecule has 0 aliphatic carbocycles. The van der Waals surface area contributed by atoms with E-state index in [1.165, 1.54) is 0 Å². The Hall–Kier alpha value is -3.15. The Kier molecular flexibility index (Phi) is 5.86. The van der Waals surface area contributed by atoms with E-state index >= 15 is 0 Å². The molecule has 0 atom stereocenters. The standard InChI is InChI=1S/C21H23N3O3/c1-3-4-12-24(14-20(25)22-19-13-15(2)27-23-19)21(26)18-11-7-9-16-8-5-6-10-17(16)18/h5-11,13H,3-4,12,14H2,1-2H3,(H,22,23,25). The number of nitrogens with zero attached hydrogens (tertiary/aromatic N) is 2. The van der Waals surface area contributed by atoms with E-state index in [2.05, 4.69) is 17.4 Å². The molecule has 1 heterocycles. The van der Waals surface area contributed by atoms with Crippen molar-refractivity contribution >= 4 is 28.4 Å². The summed E-state index contributed by atoms with van der Waals surface area (Å²) < 4.78 is 4.95. The molecule has 0 radical (unpaired) electrons. The lowest BCUT2D eigenvalue weighted by Gasteiger charge is -2.22. The normalized spacial score (nSPS) is 10.7. The number of nitrogens with one attached hydrogen (secondary N) is 1. The number of carbonyl (C=O) groups is 2. The first-order valence-corrected chi connectivity index (χ1v) is 9.08. The van der Waals surface area contributed by atoms with E-state index < -0.39 is 0 Å². The number of aryl methyl sites for hydroxylation is 1. The van der Waals surface area contributed by atoms with Gasteiger partial charge in [-0.2, -0.15) is 0 Å². The van der Waals surface area contributed by atoms with Gasteiger partial charge in [0.15, 0.2) is 5.82 Å². The molecular weight excluding hydrogens is 342 g/mol. The van der Waals surface area contributed by atoms with Crippen LogP contribution in [0.3, 0.4) is 0 Å². The van der Waals surface area contributed by atoms with Gasteiger partial charge in [0, 0.05) is 18.2 Å². The average Bonchev–Trinajstić information content (AvgIpc) is 3.08. The van der Waals surface area contributed by atoms with E-state index in [0.717, 1.165) is 23.6 Å². The lowest BCUT2D eigenvalue weighted by molar-refractivity contribution is -0.116. The van der Waals surface area contributed by atoms with Gasteiger partial charge in [0.25, 0.3) is 5.91 Å². The SMILES string of the molecule is CCCCN(CC(=O)Nc1cc(C)on1)C(=O)c1cccc2ccccc12. The summed E-state index contributed by atoms with van der Waals surface area (Å²) in [6.07, 6.45) is 1.76. The van der Waals surface area contributed by atoms with Crippen LogP contribution in [0.1, 0.15) is 35.9 Å². The van der Waals surface area contributed by atoms with Crippen molar-refractivity contribution in [1.82, 2.24) is 10.1 Å².